The summed E-state index contributed by atoms with van der Waals surface area (Å²) >= 11 is 6.23. The molecule has 1 atom stereocenters. The molecule has 1 saturated carbocycles. The zero-order chi connectivity index (χ0) is 15.7. The summed E-state index contributed by atoms with van der Waals surface area (Å²) in [5, 5.41) is 0.659. The second-order valence-electron chi connectivity index (χ2n) is 6.23. The molecule has 1 aromatic rings. The van der Waals surface area contributed by atoms with Crippen molar-refractivity contribution in [1.29, 1.82) is 0 Å². The molecule has 118 valence electrons. The monoisotopic (exact) mass is 321 g/mol. The van der Waals surface area contributed by atoms with E-state index in [-0.39, 0.29) is 17.9 Å². The van der Waals surface area contributed by atoms with Crippen LogP contribution in [-0.2, 0) is 9.53 Å². The highest BCUT2D eigenvalue weighted by Gasteiger charge is 2.44. The number of carbonyl (C=O) groups is 2. The average molecular weight is 322 g/mol. The van der Waals surface area contributed by atoms with Crippen molar-refractivity contribution in [3.05, 3.63) is 34.9 Å². The molecule has 1 aliphatic carbocycles. The number of amides is 1. The number of nitrogens with zero attached hydrogens (tertiary/aromatic N) is 1. The predicted octanol–water partition coefficient (Wildman–Crippen LogP) is 4.13. The molecule has 1 aliphatic heterocycles. The second-order valence-corrected chi connectivity index (χ2v) is 6.64. The van der Waals surface area contributed by atoms with Gasteiger partial charge in [0, 0.05) is 30.8 Å². The third-order valence-electron chi connectivity index (χ3n) is 4.89. The molecular weight excluding hydrogens is 302 g/mol. The molecule has 1 heterocycles. The Morgan fingerprint density at radius 2 is 1.86 bits per heavy atom. The molecule has 1 saturated heterocycles. The van der Waals surface area contributed by atoms with E-state index in [1.165, 1.54) is 0 Å². The fourth-order valence-electron chi connectivity index (χ4n) is 3.38. The molecule has 1 spiro atoms. The number of hydrogen-bond donors (Lipinski definition) is 0. The molecule has 3 rings (SSSR count). The Bertz CT molecular complexity index is 591. The van der Waals surface area contributed by atoms with E-state index in [0.29, 0.717) is 37.3 Å². The summed E-state index contributed by atoms with van der Waals surface area (Å²) in [6.07, 6.45) is 2.84. The van der Waals surface area contributed by atoms with E-state index in [9.17, 15) is 9.59 Å². The summed E-state index contributed by atoms with van der Waals surface area (Å²) in [6, 6.07) is 7.44. The summed E-state index contributed by atoms with van der Waals surface area (Å²) in [5.41, 5.74) is 0.498. The van der Waals surface area contributed by atoms with Gasteiger partial charge in [0.1, 0.15) is 11.4 Å². The minimum absolute atomic E-state index is 0.122. The molecule has 22 heavy (non-hydrogen) atoms. The summed E-state index contributed by atoms with van der Waals surface area (Å²) in [7, 11) is 0. The number of Topliss-reactive ketones (excluding diaryl/α,β-unsaturated/α-hetero) is 1. The summed E-state index contributed by atoms with van der Waals surface area (Å²) in [5.74, 6) is 0.272. The molecular formula is C17H20ClNO3. The zero-order valence-corrected chi connectivity index (χ0v) is 13.4. The lowest BCUT2D eigenvalue weighted by atomic mass is 9.80. The van der Waals surface area contributed by atoms with Crippen molar-refractivity contribution in [2.75, 3.05) is 6.54 Å². The minimum atomic E-state index is -0.429. The normalized spacial score (nSPS) is 22.5. The van der Waals surface area contributed by atoms with Crippen LogP contribution in [0.3, 0.4) is 0 Å². The molecule has 0 bridgehead atoms. The van der Waals surface area contributed by atoms with Crippen LogP contribution in [0.2, 0.25) is 5.02 Å². The topological polar surface area (TPSA) is 46.6 Å². The molecule has 5 heteroatoms. The molecule has 2 aliphatic rings. The number of rotatable bonds is 2. The summed E-state index contributed by atoms with van der Waals surface area (Å²) in [4.78, 5) is 25.6. The first-order chi connectivity index (χ1) is 10.5. The van der Waals surface area contributed by atoms with E-state index in [4.69, 9.17) is 16.3 Å². The van der Waals surface area contributed by atoms with Gasteiger partial charge in [-0.2, -0.15) is 0 Å². The van der Waals surface area contributed by atoms with Crippen LogP contribution in [0, 0.1) is 0 Å². The number of carbonyl (C=O) groups excluding carboxylic acids is 2. The number of ether oxygens (including phenoxy) is 1. The van der Waals surface area contributed by atoms with Gasteiger partial charge in [-0.15, -0.1) is 0 Å². The van der Waals surface area contributed by atoms with Gasteiger partial charge >= 0.3 is 6.09 Å². The van der Waals surface area contributed by atoms with Crippen molar-refractivity contribution in [2.45, 2.75) is 50.7 Å². The van der Waals surface area contributed by atoms with Crippen LogP contribution >= 0.6 is 11.6 Å². The standard InChI is InChI=1S/C17H20ClNO3/c1-12(14-4-2-3-5-15(14)18)19-11-10-17(22-16(19)21)8-6-13(20)7-9-17/h2-5,12H,6-11H2,1H3/t12-/m0/s1. The maximum absolute atomic E-state index is 12.5. The lowest BCUT2D eigenvalue weighted by Crippen LogP contribution is -2.51. The predicted molar refractivity (Wildman–Crippen MR) is 83.9 cm³/mol. The van der Waals surface area contributed by atoms with E-state index in [2.05, 4.69) is 0 Å². The maximum atomic E-state index is 12.5. The number of hydrogen-bond acceptors (Lipinski definition) is 3. The third kappa shape index (κ3) is 2.84. The Labute approximate surface area is 135 Å². The van der Waals surface area contributed by atoms with Gasteiger partial charge in [0.25, 0.3) is 0 Å². The lowest BCUT2D eigenvalue weighted by Gasteiger charge is -2.44. The minimum Gasteiger partial charge on any atom is -0.443 e. The lowest BCUT2D eigenvalue weighted by molar-refractivity contribution is -0.129. The molecule has 1 amide bonds. The average Bonchev–Trinajstić information content (AvgIpc) is 2.51. The van der Waals surface area contributed by atoms with Gasteiger partial charge in [0.2, 0.25) is 0 Å². The van der Waals surface area contributed by atoms with Crippen molar-refractivity contribution in [1.82, 2.24) is 4.90 Å². The van der Waals surface area contributed by atoms with Crippen LogP contribution in [0.25, 0.3) is 0 Å². The molecule has 1 aromatic carbocycles. The van der Waals surface area contributed by atoms with E-state index < -0.39 is 5.60 Å². The zero-order valence-electron chi connectivity index (χ0n) is 12.7. The van der Waals surface area contributed by atoms with Gasteiger partial charge in [-0.05, 0) is 31.4 Å². The van der Waals surface area contributed by atoms with Gasteiger partial charge in [-0.1, -0.05) is 29.8 Å². The Kier molecular flexibility index (Phi) is 4.13. The quantitative estimate of drug-likeness (QED) is 0.823. The summed E-state index contributed by atoms with van der Waals surface area (Å²) in [6.45, 7) is 2.60. The number of halogens is 1. The van der Waals surface area contributed by atoms with Crippen LogP contribution in [-0.4, -0.2) is 28.9 Å². The van der Waals surface area contributed by atoms with E-state index in [0.717, 1.165) is 12.0 Å². The van der Waals surface area contributed by atoms with Crippen LogP contribution in [0.15, 0.2) is 24.3 Å². The SMILES string of the molecule is C[C@@H](c1ccccc1Cl)N1CCC2(CCC(=O)CC2)OC1=O. The van der Waals surface area contributed by atoms with Gasteiger partial charge in [-0.3, -0.25) is 4.79 Å². The highest BCUT2D eigenvalue weighted by Crippen LogP contribution is 2.39. The Hall–Kier alpha value is -1.55. The number of ketones is 1. The van der Waals surface area contributed by atoms with Crippen LogP contribution in [0.1, 0.15) is 50.6 Å². The molecule has 4 nitrogen and oxygen atoms in total. The van der Waals surface area contributed by atoms with Crippen LogP contribution in [0.4, 0.5) is 4.79 Å². The Balaban J connectivity index is 1.72. The van der Waals surface area contributed by atoms with Crippen molar-refractivity contribution in [3.63, 3.8) is 0 Å². The fraction of sp³-hybridized carbons (Fsp3) is 0.529. The van der Waals surface area contributed by atoms with E-state index in [1.807, 2.05) is 31.2 Å². The third-order valence-corrected chi connectivity index (χ3v) is 5.23. The van der Waals surface area contributed by atoms with Gasteiger partial charge in [0.05, 0.1) is 6.04 Å². The Morgan fingerprint density at radius 3 is 2.50 bits per heavy atom. The summed E-state index contributed by atoms with van der Waals surface area (Å²) < 4.78 is 5.75. The molecule has 2 fully saturated rings. The maximum Gasteiger partial charge on any atom is 0.410 e. The first-order valence-corrected chi connectivity index (χ1v) is 8.14. The van der Waals surface area contributed by atoms with Gasteiger partial charge < -0.3 is 9.64 Å². The number of benzene rings is 1. The van der Waals surface area contributed by atoms with Crippen molar-refractivity contribution in [3.8, 4) is 0 Å². The van der Waals surface area contributed by atoms with Crippen molar-refractivity contribution >= 4 is 23.5 Å². The Morgan fingerprint density at radius 1 is 1.18 bits per heavy atom. The van der Waals surface area contributed by atoms with Gasteiger partial charge in [-0.25, -0.2) is 4.79 Å². The molecule has 0 unspecified atom stereocenters. The van der Waals surface area contributed by atoms with E-state index in [1.54, 1.807) is 4.90 Å². The highest BCUT2D eigenvalue weighted by atomic mass is 35.5. The molecule has 0 aromatic heterocycles. The van der Waals surface area contributed by atoms with E-state index >= 15 is 0 Å². The highest BCUT2D eigenvalue weighted by molar-refractivity contribution is 6.31. The van der Waals surface area contributed by atoms with Crippen molar-refractivity contribution < 1.29 is 14.3 Å². The smallest absolute Gasteiger partial charge is 0.410 e. The van der Waals surface area contributed by atoms with Crippen molar-refractivity contribution in [2.24, 2.45) is 0 Å². The largest absolute Gasteiger partial charge is 0.443 e. The second kappa shape index (κ2) is 5.92. The van der Waals surface area contributed by atoms with Crippen LogP contribution in [0.5, 0.6) is 0 Å². The fourth-order valence-corrected chi connectivity index (χ4v) is 3.67. The molecule has 0 radical (unpaired) electrons. The molecule has 0 N–H and O–H groups in total. The van der Waals surface area contributed by atoms with Gasteiger partial charge in [0.15, 0.2) is 0 Å². The first-order valence-electron chi connectivity index (χ1n) is 7.76. The first kappa shape index (κ1) is 15.3. The van der Waals surface area contributed by atoms with Crippen LogP contribution < -0.4 is 0 Å².